The van der Waals surface area contributed by atoms with Crippen LogP contribution in [0.5, 0.6) is 0 Å². The van der Waals surface area contributed by atoms with Gasteiger partial charge in [-0.1, -0.05) is 19.8 Å². The molecule has 1 fully saturated rings. The van der Waals surface area contributed by atoms with Gasteiger partial charge in [0.05, 0.1) is 0 Å². The fourth-order valence-corrected chi connectivity index (χ4v) is 2.87. The van der Waals surface area contributed by atoms with Crippen LogP contribution < -0.4 is 4.90 Å². The van der Waals surface area contributed by atoms with Crippen LogP contribution in [0, 0.1) is 5.92 Å². The number of hydrogen-bond donors (Lipinski definition) is 0. The van der Waals surface area contributed by atoms with Gasteiger partial charge in [-0.25, -0.2) is 0 Å². The normalized spacial score (nSPS) is 24.3. The third-order valence-electron chi connectivity index (χ3n) is 3.98. The lowest BCUT2D eigenvalue weighted by Gasteiger charge is -2.36. The van der Waals surface area contributed by atoms with E-state index >= 15 is 0 Å². The summed E-state index contributed by atoms with van der Waals surface area (Å²) in [6, 6.07) is 4.47. The van der Waals surface area contributed by atoms with Crippen LogP contribution in [0.25, 0.3) is 5.65 Å². The zero-order valence-electron chi connectivity index (χ0n) is 10.8. The van der Waals surface area contributed by atoms with Crippen molar-refractivity contribution in [2.24, 2.45) is 5.92 Å². The van der Waals surface area contributed by atoms with Crippen LogP contribution in [0.1, 0.15) is 32.6 Å². The topological polar surface area (TPSA) is 59.2 Å². The first kappa shape index (κ1) is 11.4. The SMILES string of the molecule is C[C@@H]1CCCC[C@@H]1N(C)c1ccc2nnnn2n1. The molecule has 0 N–H and O–H groups in total. The number of tetrazole rings is 1. The smallest absolute Gasteiger partial charge is 0.200 e. The molecule has 0 radical (unpaired) electrons. The molecule has 0 spiro atoms. The third kappa shape index (κ3) is 1.91. The zero-order valence-corrected chi connectivity index (χ0v) is 10.8. The maximum Gasteiger partial charge on any atom is 0.200 e. The first-order chi connectivity index (χ1) is 8.75. The first-order valence-corrected chi connectivity index (χ1v) is 6.54. The van der Waals surface area contributed by atoms with Crippen molar-refractivity contribution in [3.63, 3.8) is 0 Å². The molecule has 0 saturated heterocycles. The van der Waals surface area contributed by atoms with Gasteiger partial charge in [0.1, 0.15) is 0 Å². The molecule has 0 unspecified atom stereocenters. The van der Waals surface area contributed by atoms with Gasteiger partial charge in [0, 0.05) is 13.1 Å². The summed E-state index contributed by atoms with van der Waals surface area (Å²) in [5.74, 6) is 1.66. The molecule has 1 aliphatic carbocycles. The summed E-state index contributed by atoms with van der Waals surface area (Å²) in [5.41, 5.74) is 0.684. The van der Waals surface area contributed by atoms with Crippen molar-refractivity contribution in [1.82, 2.24) is 25.3 Å². The van der Waals surface area contributed by atoms with Crippen molar-refractivity contribution in [3.05, 3.63) is 12.1 Å². The maximum atomic E-state index is 4.45. The lowest BCUT2D eigenvalue weighted by atomic mass is 9.85. The van der Waals surface area contributed by atoms with E-state index in [0.29, 0.717) is 11.7 Å². The molecule has 3 rings (SSSR count). The first-order valence-electron chi connectivity index (χ1n) is 6.54. The second-order valence-electron chi connectivity index (χ2n) is 5.16. The molecule has 0 aliphatic heterocycles. The zero-order chi connectivity index (χ0) is 12.5. The Morgan fingerprint density at radius 3 is 2.94 bits per heavy atom. The quantitative estimate of drug-likeness (QED) is 0.804. The van der Waals surface area contributed by atoms with E-state index in [1.807, 2.05) is 12.1 Å². The van der Waals surface area contributed by atoms with E-state index < -0.39 is 0 Å². The molecular formula is C12H18N6. The fraction of sp³-hybridized carbons (Fsp3) is 0.667. The highest BCUT2D eigenvalue weighted by atomic mass is 15.6. The van der Waals surface area contributed by atoms with Crippen molar-refractivity contribution >= 4 is 11.5 Å². The van der Waals surface area contributed by atoms with E-state index in [2.05, 4.69) is 39.5 Å². The van der Waals surface area contributed by atoms with E-state index in [-0.39, 0.29) is 0 Å². The molecule has 1 aliphatic rings. The maximum absolute atomic E-state index is 4.45. The van der Waals surface area contributed by atoms with E-state index in [1.54, 1.807) is 0 Å². The molecule has 2 heterocycles. The Hall–Kier alpha value is -1.72. The molecule has 0 aromatic carbocycles. The number of hydrogen-bond acceptors (Lipinski definition) is 5. The minimum absolute atomic E-state index is 0.570. The fourth-order valence-electron chi connectivity index (χ4n) is 2.87. The predicted molar refractivity (Wildman–Crippen MR) is 68.4 cm³/mol. The standard InChI is InChI=1S/C12H18N6/c1-9-5-3-4-6-10(9)17(2)12-8-7-11-13-15-16-18(11)14-12/h7-10H,3-6H2,1-2H3/t9-,10+/m1/s1. The van der Waals surface area contributed by atoms with Crippen LogP contribution in [-0.2, 0) is 0 Å². The van der Waals surface area contributed by atoms with Crippen LogP contribution in [-0.4, -0.2) is 38.3 Å². The molecule has 2 aromatic rings. The molecule has 0 bridgehead atoms. The third-order valence-corrected chi connectivity index (χ3v) is 3.98. The van der Waals surface area contributed by atoms with Crippen molar-refractivity contribution < 1.29 is 0 Å². The average molecular weight is 246 g/mol. The van der Waals surface area contributed by atoms with E-state index in [4.69, 9.17) is 0 Å². The monoisotopic (exact) mass is 246 g/mol. The minimum atomic E-state index is 0.570. The number of nitrogens with zero attached hydrogens (tertiary/aromatic N) is 6. The van der Waals surface area contributed by atoms with Gasteiger partial charge in [0.15, 0.2) is 11.5 Å². The predicted octanol–water partition coefficient (Wildman–Crippen LogP) is 1.53. The Kier molecular flexibility index (Phi) is 2.85. The summed E-state index contributed by atoms with van der Waals surface area (Å²) in [7, 11) is 2.12. The molecule has 6 nitrogen and oxygen atoms in total. The molecule has 6 heteroatoms. The molecular weight excluding hydrogens is 228 g/mol. The Bertz CT molecular complexity index is 536. The van der Waals surface area contributed by atoms with Gasteiger partial charge in [-0.2, -0.15) is 0 Å². The van der Waals surface area contributed by atoms with Gasteiger partial charge in [-0.3, -0.25) is 0 Å². The van der Waals surface area contributed by atoms with Crippen LogP contribution in [0.3, 0.4) is 0 Å². The highest BCUT2D eigenvalue weighted by Crippen LogP contribution is 2.29. The van der Waals surface area contributed by atoms with Gasteiger partial charge in [-0.15, -0.1) is 14.8 Å². The summed E-state index contributed by atoms with van der Waals surface area (Å²) in [5, 5.41) is 15.8. The van der Waals surface area contributed by atoms with Crippen LogP contribution in [0.2, 0.25) is 0 Å². The van der Waals surface area contributed by atoms with Gasteiger partial charge >= 0.3 is 0 Å². The Balaban J connectivity index is 1.87. The Morgan fingerprint density at radius 2 is 2.11 bits per heavy atom. The van der Waals surface area contributed by atoms with Gasteiger partial charge in [0.25, 0.3) is 0 Å². The minimum Gasteiger partial charge on any atom is -0.355 e. The number of fused-ring (bicyclic) bond motifs is 1. The van der Waals surface area contributed by atoms with Crippen molar-refractivity contribution in [1.29, 1.82) is 0 Å². The highest BCUT2D eigenvalue weighted by Gasteiger charge is 2.26. The molecule has 2 aromatic heterocycles. The molecule has 18 heavy (non-hydrogen) atoms. The van der Waals surface area contributed by atoms with Gasteiger partial charge < -0.3 is 4.90 Å². The number of anilines is 1. The number of aromatic nitrogens is 5. The van der Waals surface area contributed by atoms with Crippen LogP contribution in [0.15, 0.2) is 12.1 Å². The van der Waals surface area contributed by atoms with Gasteiger partial charge in [-0.05, 0) is 41.3 Å². The number of rotatable bonds is 2. The summed E-state index contributed by atoms with van der Waals surface area (Å²) in [6.45, 7) is 2.33. The summed E-state index contributed by atoms with van der Waals surface area (Å²) < 4.78 is 1.49. The molecule has 0 amide bonds. The van der Waals surface area contributed by atoms with Crippen LogP contribution in [0.4, 0.5) is 5.82 Å². The molecule has 2 atom stereocenters. The second-order valence-corrected chi connectivity index (χ2v) is 5.16. The lowest BCUT2D eigenvalue weighted by molar-refractivity contribution is 0.320. The largest absolute Gasteiger partial charge is 0.355 e. The van der Waals surface area contributed by atoms with Crippen molar-refractivity contribution in [2.75, 3.05) is 11.9 Å². The summed E-state index contributed by atoms with van der Waals surface area (Å²) in [6.07, 6.45) is 5.21. The van der Waals surface area contributed by atoms with Crippen molar-refractivity contribution in [2.45, 2.75) is 38.6 Å². The summed E-state index contributed by atoms with van der Waals surface area (Å²) in [4.78, 5) is 2.27. The second kappa shape index (κ2) is 4.51. The van der Waals surface area contributed by atoms with E-state index in [0.717, 1.165) is 11.7 Å². The average Bonchev–Trinajstić information content (AvgIpc) is 2.85. The van der Waals surface area contributed by atoms with Crippen LogP contribution >= 0.6 is 0 Å². The molecule has 96 valence electrons. The Labute approximate surface area is 106 Å². The summed E-state index contributed by atoms with van der Waals surface area (Å²) >= 11 is 0. The van der Waals surface area contributed by atoms with Crippen molar-refractivity contribution in [3.8, 4) is 0 Å². The highest BCUT2D eigenvalue weighted by molar-refractivity contribution is 5.44. The molecule has 1 saturated carbocycles. The van der Waals surface area contributed by atoms with E-state index in [1.165, 1.54) is 30.3 Å². The lowest BCUT2D eigenvalue weighted by Crippen LogP contribution is -2.39. The Morgan fingerprint density at radius 1 is 1.28 bits per heavy atom. The van der Waals surface area contributed by atoms with Gasteiger partial charge in [0.2, 0.25) is 0 Å². The van der Waals surface area contributed by atoms with E-state index in [9.17, 15) is 0 Å².